The van der Waals surface area contributed by atoms with E-state index in [4.69, 9.17) is 4.74 Å². The number of hydrogen-bond donors (Lipinski definition) is 1. The molecule has 1 aliphatic carbocycles. The summed E-state index contributed by atoms with van der Waals surface area (Å²) in [5.41, 5.74) is 0.848. The maximum absolute atomic E-state index is 13.5. The van der Waals surface area contributed by atoms with Gasteiger partial charge in [0.25, 0.3) is 0 Å². The van der Waals surface area contributed by atoms with E-state index in [1.165, 1.54) is 6.42 Å². The van der Waals surface area contributed by atoms with Crippen LogP contribution in [0.5, 0.6) is 11.5 Å². The number of para-hydroxylation sites is 1. The fourth-order valence-corrected chi connectivity index (χ4v) is 3.69. The van der Waals surface area contributed by atoms with Crippen LogP contribution in [0, 0.1) is 5.92 Å². The van der Waals surface area contributed by atoms with E-state index in [2.05, 4.69) is 15.0 Å². The summed E-state index contributed by atoms with van der Waals surface area (Å²) in [6.45, 7) is 3.74. The molecule has 0 unspecified atom stereocenters. The van der Waals surface area contributed by atoms with Crippen LogP contribution in [-0.4, -0.2) is 37.4 Å². The van der Waals surface area contributed by atoms with E-state index < -0.39 is 6.29 Å². The maximum Gasteiger partial charge on any atom is 0.586 e. The molecule has 1 aromatic carbocycles. The Balaban J connectivity index is 1.70. The van der Waals surface area contributed by atoms with Crippen molar-refractivity contribution in [2.24, 2.45) is 5.92 Å². The molecule has 0 spiro atoms. The van der Waals surface area contributed by atoms with Crippen LogP contribution in [0.2, 0.25) is 0 Å². The van der Waals surface area contributed by atoms with Crippen molar-refractivity contribution in [1.29, 1.82) is 0 Å². The highest BCUT2D eigenvalue weighted by molar-refractivity contribution is 5.50. The fourth-order valence-electron chi connectivity index (χ4n) is 3.69. The number of ether oxygens (including phenoxy) is 2. The van der Waals surface area contributed by atoms with Gasteiger partial charge >= 0.3 is 6.29 Å². The molecule has 2 heterocycles. The van der Waals surface area contributed by atoms with Crippen LogP contribution in [0.4, 0.5) is 8.78 Å². The highest BCUT2D eigenvalue weighted by atomic mass is 19.3. The third kappa shape index (κ3) is 2.44. The summed E-state index contributed by atoms with van der Waals surface area (Å²) in [7, 11) is 0. The van der Waals surface area contributed by atoms with E-state index in [0.29, 0.717) is 5.92 Å². The Morgan fingerprint density at radius 2 is 1.95 bits per heavy atom. The van der Waals surface area contributed by atoms with E-state index >= 15 is 0 Å². The first kappa shape index (κ1) is 14.2. The molecule has 22 heavy (non-hydrogen) atoms. The molecule has 1 N–H and O–H groups in total. The standard InChI is InChI=1S/C16H20F2N2O2/c17-16(18)21-13-6-2-5-12(15(13)22-16)14(11-3-1-4-11)20-9-7-19-8-10-20/h2,5-6,11,14,19H,1,3-4,7-10H2/t14-/m1/s1. The fraction of sp³-hybridized carbons (Fsp3) is 0.625. The summed E-state index contributed by atoms with van der Waals surface area (Å²) >= 11 is 0. The maximum atomic E-state index is 13.5. The molecular weight excluding hydrogens is 290 g/mol. The zero-order valence-electron chi connectivity index (χ0n) is 12.4. The first-order chi connectivity index (χ1) is 10.6. The first-order valence-corrected chi connectivity index (χ1v) is 7.97. The second-order valence-corrected chi connectivity index (χ2v) is 6.26. The number of nitrogens with zero attached hydrogens (tertiary/aromatic N) is 1. The predicted molar refractivity (Wildman–Crippen MR) is 77.2 cm³/mol. The third-order valence-corrected chi connectivity index (χ3v) is 4.92. The highest BCUT2D eigenvalue weighted by Gasteiger charge is 2.46. The van der Waals surface area contributed by atoms with Crippen LogP contribution >= 0.6 is 0 Å². The van der Waals surface area contributed by atoms with Gasteiger partial charge in [0, 0.05) is 37.8 Å². The smallest absolute Gasteiger partial charge is 0.395 e. The summed E-state index contributed by atoms with van der Waals surface area (Å²) in [5.74, 6) is 0.896. The summed E-state index contributed by atoms with van der Waals surface area (Å²) < 4.78 is 36.3. The van der Waals surface area contributed by atoms with Crippen molar-refractivity contribution in [2.75, 3.05) is 26.2 Å². The molecular formula is C16H20F2N2O2. The Bertz CT molecular complexity index is 557. The van der Waals surface area contributed by atoms with Crippen molar-refractivity contribution in [3.8, 4) is 11.5 Å². The van der Waals surface area contributed by atoms with Crippen molar-refractivity contribution in [3.05, 3.63) is 23.8 Å². The van der Waals surface area contributed by atoms with Crippen molar-refractivity contribution >= 4 is 0 Å². The molecule has 1 atom stereocenters. The second-order valence-electron chi connectivity index (χ2n) is 6.26. The molecule has 3 aliphatic rings. The molecule has 4 nitrogen and oxygen atoms in total. The third-order valence-electron chi connectivity index (χ3n) is 4.92. The summed E-state index contributed by atoms with van der Waals surface area (Å²) in [6, 6.07) is 5.39. The van der Waals surface area contributed by atoms with Gasteiger partial charge in [-0.15, -0.1) is 8.78 Å². The zero-order chi connectivity index (χ0) is 15.2. The van der Waals surface area contributed by atoms with Gasteiger partial charge in [0.2, 0.25) is 0 Å². The predicted octanol–water partition coefficient (Wildman–Crippen LogP) is 2.75. The van der Waals surface area contributed by atoms with Gasteiger partial charge in [-0.25, -0.2) is 0 Å². The van der Waals surface area contributed by atoms with E-state index in [0.717, 1.165) is 44.6 Å². The van der Waals surface area contributed by atoms with Gasteiger partial charge in [-0.2, -0.15) is 0 Å². The lowest BCUT2D eigenvalue weighted by molar-refractivity contribution is -0.287. The normalized spacial score (nSPS) is 25.7. The molecule has 1 saturated carbocycles. The van der Waals surface area contributed by atoms with Crippen LogP contribution in [0.1, 0.15) is 30.9 Å². The number of hydrogen-bond acceptors (Lipinski definition) is 4. The van der Waals surface area contributed by atoms with Crippen molar-refractivity contribution < 1.29 is 18.3 Å². The molecule has 2 fully saturated rings. The van der Waals surface area contributed by atoms with Gasteiger partial charge in [-0.05, 0) is 24.8 Å². The van der Waals surface area contributed by atoms with Crippen LogP contribution < -0.4 is 14.8 Å². The molecule has 120 valence electrons. The summed E-state index contributed by atoms with van der Waals surface area (Å²) in [6.07, 6.45) is -0.0348. The summed E-state index contributed by atoms with van der Waals surface area (Å²) in [5, 5.41) is 3.34. The average molecular weight is 310 g/mol. The Hall–Kier alpha value is -1.40. The van der Waals surface area contributed by atoms with E-state index in [1.54, 1.807) is 12.1 Å². The quantitative estimate of drug-likeness (QED) is 0.931. The molecule has 0 amide bonds. The topological polar surface area (TPSA) is 33.7 Å². The number of halogens is 2. The molecule has 1 saturated heterocycles. The summed E-state index contributed by atoms with van der Waals surface area (Å²) in [4.78, 5) is 2.40. The highest BCUT2D eigenvalue weighted by Crippen LogP contribution is 2.50. The molecule has 1 aromatic rings. The van der Waals surface area contributed by atoms with Gasteiger partial charge < -0.3 is 14.8 Å². The Labute approximate surface area is 128 Å². The SMILES string of the molecule is FC1(F)Oc2cccc([C@@H](C3CCC3)N3CCNCC3)c2O1. The molecule has 0 bridgehead atoms. The van der Waals surface area contributed by atoms with Crippen molar-refractivity contribution in [1.82, 2.24) is 10.2 Å². The molecule has 0 radical (unpaired) electrons. The van der Waals surface area contributed by atoms with Crippen molar-refractivity contribution in [2.45, 2.75) is 31.6 Å². The lowest BCUT2D eigenvalue weighted by atomic mass is 9.76. The van der Waals surface area contributed by atoms with Gasteiger partial charge in [0.1, 0.15) is 0 Å². The minimum Gasteiger partial charge on any atom is -0.395 e. The molecule has 2 aliphatic heterocycles. The van der Waals surface area contributed by atoms with Gasteiger partial charge in [0.15, 0.2) is 11.5 Å². The van der Waals surface area contributed by atoms with Gasteiger partial charge in [-0.3, -0.25) is 4.90 Å². The minimum absolute atomic E-state index is 0.142. The zero-order valence-corrected chi connectivity index (χ0v) is 12.4. The Morgan fingerprint density at radius 1 is 1.18 bits per heavy atom. The minimum atomic E-state index is -3.55. The van der Waals surface area contributed by atoms with Gasteiger partial charge in [-0.1, -0.05) is 18.6 Å². The number of rotatable bonds is 3. The lowest BCUT2D eigenvalue weighted by Crippen LogP contribution is -2.47. The first-order valence-electron chi connectivity index (χ1n) is 7.97. The number of alkyl halides is 2. The lowest BCUT2D eigenvalue weighted by Gasteiger charge is -2.43. The number of piperazine rings is 1. The van der Waals surface area contributed by atoms with Crippen LogP contribution in [0.15, 0.2) is 18.2 Å². The van der Waals surface area contributed by atoms with Crippen LogP contribution in [-0.2, 0) is 0 Å². The second kappa shape index (κ2) is 5.35. The van der Waals surface area contributed by atoms with E-state index in [-0.39, 0.29) is 17.5 Å². The molecule has 6 heteroatoms. The van der Waals surface area contributed by atoms with Crippen molar-refractivity contribution in [3.63, 3.8) is 0 Å². The monoisotopic (exact) mass is 310 g/mol. The van der Waals surface area contributed by atoms with Gasteiger partial charge in [0.05, 0.1) is 0 Å². The van der Waals surface area contributed by atoms with Crippen LogP contribution in [0.3, 0.4) is 0 Å². The van der Waals surface area contributed by atoms with E-state index in [9.17, 15) is 8.78 Å². The number of fused-ring (bicyclic) bond motifs is 1. The van der Waals surface area contributed by atoms with E-state index in [1.807, 2.05) is 6.07 Å². The van der Waals surface area contributed by atoms with Crippen LogP contribution in [0.25, 0.3) is 0 Å². The number of nitrogens with one attached hydrogen (secondary N) is 1. The Morgan fingerprint density at radius 3 is 2.64 bits per heavy atom. The molecule has 0 aromatic heterocycles. The Kier molecular flexibility index (Phi) is 3.46. The molecule has 4 rings (SSSR count). The average Bonchev–Trinajstić information content (AvgIpc) is 2.77. The number of benzene rings is 1. The largest absolute Gasteiger partial charge is 0.586 e.